The number of benzene rings is 1. The number of hydrogen-bond acceptors (Lipinski definition) is 2. The topological polar surface area (TPSA) is 49.3 Å². The van der Waals surface area contributed by atoms with Gasteiger partial charge in [0.25, 0.3) is 5.91 Å². The summed E-state index contributed by atoms with van der Waals surface area (Å²) < 4.78 is 0. The van der Waals surface area contributed by atoms with Gasteiger partial charge >= 0.3 is 0 Å². The molecule has 0 aliphatic rings. The Morgan fingerprint density at radius 1 is 1.38 bits per heavy atom. The first-order valence-corrected chi connectivity index (χ1v) is 5.74. The minimum absolute atomic E-state index is 0.0389. The summed E-state index contributed by atoms with van der Waals surface area (Å²) in [7, 11) is 0. The number of carbonyl (C=O) groups excluding carboxylic acids is 1. The molecule has 1 aromatic carbocycles. The minimum Gasteiger partial charge on any atom is -0.508 e. The molecule has 0 spiro atoms. The largest absolute Gasteiger partial charge is 0.508 e. The number of aromatic hydroxyl groups is 1. The van der Waals surface area contributed by atoms with E-state index in [0.29, 0.717) is 17.4 Å². The lowest BCUT2D eigenvalue weighted by Gasteiger charge is -2.19. The highest BCUT2D eigenvalue weighted by atomic mass is 35.5. The third-order valence-corrected chi connectivity index (χ3v) is 2.75. The van der Waals surface area contributed by atoms with Gasteiger partial charge in [-0.2, -0.15) is 0 Å². The van der Waals surface area contributed by atoms with Crippen LogP contribution in [0.1, 0.15) is 24.2 Å². The number of halogens is 1. The molecule has 1 amide bonds. The second kappa shape index (κ2) is 5.75. The van der Waals surface area contributed by atoms with Crippen molar-refractivity contribution in [2.75, 3.05) is 5.88 Å². The van der Waals surface area contributed by atoms with Gasteiger partial charge in [-0.05, 0) is 30.2 Å². The zero-order chi connectivity index (χ0) is 12.1. The molecule has 16 heavy (non-hydrogen) atoms. The maximum absolute atomic E-state index is 11.8. The molecule has 88 valence electrons. The molecule has 0 aliphatic heterocycles. The van der Waals surface area contributed by atoms with Gasteiger partial charge < -0.3 is 10.4 Å². The molecular formula is C12H16ClNO2. The van der Waals surface area contributed by atoms with Crippen molar-refractivity contribution in [1.82, 2.24) is 5.32 Å². The second-order valence-electron chi connectivity index (χ2n) is 4.03. The van der Waals surface area contributed by atoms with E-state index in [2.05, 4.69) is 5.32 Å². The summed E-state index contributed by atoms with van der Waals surface area (Å²) >= 11 is 5.76. The predicted octanol–water partition coefficient (Wildman–Crippen LogP) is 2.39. The van der Waals surface area contributed by atoms with Gasteiger partial charge in [0.2, 0.25) is 0 Å². The van der Waals surface area contributed by atoms with E-state index >= 15 is 0 Å². The standard InChI is InChI=1S/C12H16ClNO2/c1-8(2)11(7-13)14-12(16)9-3-5-10(15)6-4-9/h3-6,8,11,15H,7H2,1-2H3,(H,14,16). The Hall–Kier alpha value is -1.22. The highest BCUT2D eigenvalue weighted by Crippen LogP contribution is 2.11. The fraction of sp³-hybridized carbons (Fsp3) is 0.417. The third-order valence-electron chi connectivity index (χ3n) is 2.42. The number of carbonyl (C=O) groups is 1. The lowest BCUT2D eigenvalue weighted by atomic mass is 10.1. The van der Waals surface area contributed by atoms with E-state index in [1.165, 1.54) is 12.1 Å². The molecule has 1 rings (SSSR count). The molecule has 0 saturated heterocycles. The zero-order valence-corrected chi connectivity index (χ0v) is 10.2. The van der Waals surface area contributed by atoms with E-state index < -0.39 is 0 Å². The number of phenols is 1. The Bertz CT molecular complexity index is 349. The van der Waals surface area contributed by atoms with E-state index in [1.54, 1.807) is 12.1 Å². The molecule has 0 saturated carbocycles. The van der Waals surface area contributed by atoms with Gasteiger partial charge in [0.1, 0.15) is 5.75 Å². The molecular weight excluding hydrogens is 226 g/mol. The van der Waals surface area contributed by atoms with Crippen molar-refractivity contribution in [1.29, 1.82) is 0 Å². The van der Waals surface area contributed by atoms with Crippen molar-refractivity contribution in [3.05, 3.63) is 29.8 Å². The average Bonchev–Trinajstić information content (AvgIpc) is 2.26. The Morgan fingerprint density at radius 2 is 1.94 bits per heavy atom. The van der Waals surface area contributed by atoms with Crippen LogP contribution in [0.3, 0.4) is 0 Å². The van der Waals surface area contributed by atoms with Crippen LogP contribution in [0.2, 0.25) is 0 Å². The summed E-state index contributed by atoms with van der Waals surface area (Å²) in [5, 5.41) is 12.0. The van der Waals surface area contributed by atoms with E-state index in [1.807, 2.05) is 13.8 Å². The molecule has 4 heteroatoms. The molecule has 2 N–H and O–H groups in total. The summed E-state index contributed by atoms with van der Waals surface area (Å²) in [6.07, 6.45) is 0. The average molecular weight is 242 g/mol. The van der Waals surface area contributed by atoms with Crippen LogP contribution in [0.5, 0.6) is 5.75 Å². The number of alkyl halides is 1. The minimum atomic E-state index is -0.167. The van der Waals surface area contributed by atoms with Crippen molar-refractivity contribution in [3.8, 4) is 5.75 Å². The molecule has 3 nitrogen and oxygen atoms in total. The second-order valence-corrected chi connectivity index (χ2v) is 4.33. The van der Waals surface area contributed by atoms with Crippen LogP contribution >= 0.6 is 11.6 Å². The highest BCUT2D eigenvalue weighted by Gasteiger charge is 2.15. The molecule has 1 atom stereocenters. The molecule has 0 radical (unpaired) electrons. The smallest absolute Gasteiger partial charge is 0.251 e. The molecule has 1 aromatic rings. The van der Waals surface area contributed by atoms with Gasteiger partial charge in [0, 0.05) is 17.5 Å². The summed E-state index contributed by atoms with van der Waals surface area (Å²) in [6.45, 7) is 4.01. The normalized spacial score (nSPS) is 12.5. The van der Waals surface area contributed by atoms with E-state index in [0.717, 1.165) is 0 Å². The monoisotopic (exact) mass is 241 g/mol. The van der Waals surface area contributed by atoms with Gasteiger partial charge in [-0.1, -0.05) is 13.8 Å². The summed E-state index contributed by atoms with van der Waals surface area (Å²) in [6, 6.07) is 6.09. The lowest BCUT2D eigenvalue weighted by molar-refractivity contribution is 0.0931. The molecule has 1 unspecified atom stereocenters. The first-order valence-electron chi connectivity index (χ1n) is 5.20. The lowest BCUT2D eigenvalue weighted by Crippen LogP contribution is -2.39. The molecule has 0 fully saturated rings. The highest BCUT2D eigenvalue weighted by molar-refractivity contribution is 6.18. The van der Waals surface area contributed by atoms with Crippen LogP contribution in [-0.4, -0.2) is 22.9 Å². The van der Waals surface area contributed by atoms with E-state index in [4.69, 9.17) is 16.7 Å². The van der Waals surface area contributed by atoms with Gasteiger partial charge in [0.15, 0.2) is 0 Å². The Balaban J connectivity index is 2.68. The van der Waals surface area contributed by atoms with Gasteiger partial charge in [-0.25, -0.2) is 0 Å². The number of amides is 1. The first-order chi connectivity index (χ1) is 7.54. The third kappa shape index (κ3) is 3.42. The fourth-order valence-electron chi connectivity index (χ4n) is 1.25. The molecule has 0 bridgehead atoms. The van der Waals surface area contributed by atoms with Crippen LogP contribution in [-0.2, 0) is 0 Å². The first kappa shape index (κ1) is 12.8. The fourth-order valence-corrected chi connectivity index (χ4v) is 1.68. The van der Waals surface area contributed by atoms with Crippen molar-refractivity contribution in [2.45, 2.75) is 19.9 Å². The Labute approximate surface area is 100 Å². The van der Waals surface area contributed by atoms with Crippen LogP contribution in [0.4, 0.5) is 0 Å². The molecule has 0 aliphatic carbocycles. The van der Waals surface area contributed by atoms with Crippen molar-refractivity contribution >= 4 is 17.5 Å². The van der Waals surface area contributed by atoms with Crippen molar-refractivity contribution in [2.24, 2.45) is 5.92 Å². The maximum atomic E-state index is 11.8. The van der Waals surface area contributed by atoms with Gasteiger partial charge in [-0.15, -0.1) is 11.6 Å². The predicted molar refractivity (Wildman–Crippen MR) is 64.9 cm³/mol. The summed E-state index contributed by atoms with van der Waals surface area (Å²) in [5.74, 6) is 0.661. The number of hydrogen-bond donors (Lipinski definition) is 2. The van der Waals surface area contributed by atoms with Gasteiger partial charge in [-0.3, -0.25) is 4.79 Å². The Morgan fingerprint density at radius 3 is 2.38 bits per heavy atom. The summed E-state index contributed by atoms with van der Waals surface area (Å²) in [5.41, 5.74) is 0.522. The van der Waals surface area contributed by atoms with Crippen molar-refractivity contribution < 1.29 is 9.90 Å². The van der Waals surface area contributed by atoms with E-state index in [9.17, 15) is 4.79 Å². The number of rotatable bonds is 4. The van der Waals surface area contributed by atoms with Crippen LogP contribution < -0.4 is 5.32 Å². The van der Waals surface area contributed by atoms with E-state index in [-0.39, 0.29) is 17.7 Å². The maximum Gasteiger partial charge on any atom is 0.251 e. The molecule has 0 heterocycles. The van der Waals surface area contributed by atoms with Crippen LogP contribution in [0.25, 0.3) is 0 Å². The zero-order valence-electron chi connectivity index (χ0n) is 9.40. The Kier molecular flexibility index (Phi) is 4.62. The quantitative estimate of drug-likeness (QED) is 0.796. The summed E-state index contributed by atoms with van der Waals surface area (Å²) in [4.78, 5) is 11.8. The van der Waals surface area contributed by atoms with Crippen LogP contribution in [0.15, 0.2) is 24.3 Å². The number of phenolic OH excluding ortho intramolecular Hbond substituents is 1. The van der Waals surface area contributed by atoms with Crippen molar-refractivity contribution in [3.63, 3.8) is 0 Å². The molecule has 0 aromatic heterocycles. The van der Waals surface area contributed by atoms with Crippen LogP contribution in [0, 0.1) is 5.92 Å². The SMILES string of the molecule is CC(C)C(CCl)NC(=O)c1ccc(O)cc1. The van der Waals surface area contributed by atoms with Gasteiger partial charge in [0.05, 0.1) is 0 Å². The number of nitrogens with one attached hydrogen (secondary N) is 1.